The van der Waals surface area contributed by atoms with Gasteiger partial charge in [-0.15, -0.1) is 0 Å². The van der Waals surface area contributed by atoms with Gasteiger partial charge in [0.25, 0.3) is 0 Å². The van der Waals surface area contributed by atoms with Crippen LogP contribution in [0.5, 0.6) is 0 Å². The van der Waals surface area contributed by atoms with Gasteiger partial charge in [-0.3, -0.25) is 0 Å². The first-order chi connectivity index (χ1) is 5.46. The highest BCUT2D eigenvalue weighted by molar-refractivity contribution is 6.28. The van der Waals surface area contributed by atoms with Crippen LogP contribution in [0.2, 0.25) is 5.28 Å². The summed E-state index contributed by atoms with van der Waals surface area (Å²) in [7, 11) is 0. The Morgan fingerprint density at radius 3 is 2.42 bits per heavy atom. The minimum absolute atomic E-state index is 0.121. The second kappa shape index (κ2) is 3.09. The topological polar surface area (TPSA) is 17.8 Å². The Balaban J connectivity index is 3.16. The molecule has 0 saturated carbocycles. The van der Waals surface area contributed by atoms with Crippen LogP contribution in [0.3, 0.4) is 0 Å². The summed E-state index contributed by atoms with van der Waals surface area (Å²) in [5.74, 6) is 0. The highest BCUT2D eigenvalue weighted by Crippen LogP contribution is 2.24. The number of hydrogen-bond acceptors (Lipinski definition) is 1. The predicted octanol–water partition coefficient (Wildman–Crippen LogP) is 2.85. The molecule has 0 amide bonds. The molecule has 0 fully saturated rings. The smallest absolute Gasteiger partial charge is 0.202 e. The summed E-state index contributed by atoms with van der Waals surface area (Å²) < 4.78 is 2.03. The number of halogens is 1. The number of nitrogens with zero attached hydrogens (tertiary/aromatic N) is 2. The minimum atomic E-state index is 0.121. The average molecular weight is 187 g/mol. The van der Waals surface area contributed by atoms with Crippen LogP contribution in [-0.2, 0) is 12.0 Å². The molecule has 2 nitrogen and oxygen atoms in total. The molecule has 0 radical (unpaired) electrons. The highest BCUT2D eigenvalue weighted by atomic mass is 35.5. The zero-order valence-corrected chi connectivity index (χ0v) is 8.81. The summed E-state index contributed by atoms with van der Waals surface area (Å²) in [6.45, 7) is 9.43. The molecule has 0 bridgehead atoms. The lowest BCUT2D eigenvalue weighted by Gasteiger charge is -2.19. The van der Waals surface area contributed by atoms with E-state index >= 15 is 0 Å². The Morgan fingerprint density at radius 1 is 1.50 bits per heavy atom. The van der Waals surface area contributed by atoms with Gasteiger partial charge in [0.2, 0.25) is 5.28 Å². The van der Waals surface area contributed by atoms with E-state index in [-0.39, 0.29) is 5.41 Å². The minimum Gasteiger partial charge on any atom is -0.319 e. The maximum Gasteiger partial charge on any atom is 0.202 e. The fourth-order valence-corrected chi connectivity index (χ4v) is 1.51. The molecule has 12 heavy (non-hydrogen) atoms. The van der Waals surface area contributed by atoms with Crippen LogP contribution in [0, 0.1) is 0 Å². The lowest BCUT2D eigenvalue weighted by atomic mass is 9.93. The van der Waals surface area contributed by atoms with Crippen LogP contribution in [0.15, 0.2) is 6.20 Å². The first kappa shape index (κ1) is 9.59. The Morgan fingerprint density at radius 2 is 2.08 bits per heavy atom. The molecule has 1 heterocycles. The van der Waals surface area contributed by atoms with Crippen LogP contribution >= 0.6 is 11.6 Å². The van der Waals surface area contributed by atoms with E-state index in [0.29, 0.717) is 5.28 Å². The number of hydrogen-bond donors (Lipinski definition) is 0. The first-order valence-electron chi connectivity index (χ1n) is 4.18. The molecule has 1 aromatic rings. The molecular formula is C9H15ClN2. The quantitative estimate of drug-likeness (QED) is 0.660. The molecule has 1 aromatic heterocycles. The molecule has 0 aromatic carbocycles. The summed E-state index contributed by atoms with van der Waals surface area (Å²) in [4.78, 5) is 4.08. The molecule has 3 heteroatoms. The summed E-state index contributed by atoms with van der Waals surface area (Å²) in [5, 5.41) is 0.586. The number of imidazole rings is 1. The lowest BCUT2D eigenvalue weighted by molar-refractivity contribution is 0.526. The summed E-state index contributed by atoms with van der Waals surface area (Å²) in [6.07, 6.45) is 1.85. The van der Waals surface area contributed by atoms with Crippen molar-refractivity contribution in [3.8, 4) is 0 Å². The van der Waals surface area contributed by atoms with Gasteiger partial charge in [-0.25, -0.2) is 4.98 Å². The Hall–Kier alpha value is -0.500. The summed E-state index contributed by atoms with van der Waals surface area (Å²) >= 11 is 5.90. The molecule has 68 valence electrons. The fraction of sp³-hybridized carbons (Fsp3) is 0.667. The van der Waals surface area contributed by atoms with Gasteiger partial charge < -0.3 is 4.57 Å². The lowest BCUT2D eigenvalue weighted by Crippen LogP contribution is -2.17. The van der Waals surface area contributed by atoms with Crippen LogP contribution in [-0.4, -0.2) is 9.55 Å². The van der Waals surface area contributed by atoms with Crippen molar-refractivity contribution in [1.29, 1.82) is 0 Å². The summed E-state index contributed by atoms with van der Waals surface area (Å²) in [6, 6.07) is 0. The molecule has 0 atom stereocenters. The zero-order chi connectivity index (χ0) is 9.35. The van der Waals surface area contributed by atoms with E-state index in [1.54, 1.807) is 0 Å². The Bertz CT molecular complexity index is 271. The van der Waals surface area contributed by atoms with Crippen molar-refractivity contribution in [2.24, 2.45) is 0 Å². The molecule has 0 unspecified atom stereocenters. The van der Waals surface area contributed by atoms with Crippen LogP contribution in [0.25, 0.3) is 0 Å². The van der Waals surface area contributed by atoms with Crippen molar-refractivity contribution in [2.45, 2.75) is 39.7 Å². The molecule has 0 saturated heterocycles. The van der Waals surface area contributed by atoms with E-state index in [1.807, 2.05) is 10.8 Å². The van der Waals surface area contributed by atoms with Crippen molar-refractivity contribution in [1.82, 2.24) is 9.55 Å². The summed E-state index contributed by atoms with van der Waals surface area (Å²) in [5.41, 5.74) is 1.31. The van der Waals surface area contributed by atoms with E-state index in [4.69, 9.17) is 11.6 Å². The van der Waals surface area contributed by atoms with E-state index < -0.39 is 0 Å². The maximum atomic E-state index is 5.90. The monoisotopic (exact) mass is 186 g/mol. The highest BCUT2D eigenvalue weighted by Gasteiger charge is 2.19. The number of aromatic nitrogens is 2. The normalized spacial score (nSPS) is 12.1. The van der Waals surface area contributed by atoms with Crippen molar-refractivity contribution in [3.63, 3.8) is 0 Å². The van der Waals surface area contributed by atoms with Gasteiger partial charge in [-0.05, 0) is 18.5 Å². The predicted molar refractivity (Wildman–Crippen MR) is 51.6 cm³/mol. The Labute approximate surface area is 78.6 Å². The Kier molecular flexibility index (Phi) is 2.47. The van der Waals surface area contributed by atoms with Gasteiger partial charge in [0.15, 0.2) is 0 Å². The average Bonchev–Trinajstić information content (AvgIpc) is 2.29. The third-order valence-corrected chi connectivity index (χ3v) is 2.19. The van der Waals surface area contributed by atoms with Crippen molar-refractivity contribution >= 4 is 11.6 Å². The first-order valence-corrected chi connectivity index (χ1v) is 4.56. The molecule has 0 aliphatic rings. The molecule has 0 N–H and O–H groups in total. The van der Waals surface area contributed by atoms with Gasteiger partial charge in [-0.1, -0.05) is 20.8 Å². The molecule has 0 aliphatic carbocycles. The van der Waals surface area contributed by atoms with Crippen LogP contribution in [0.1, 0.15) is 33.4 Å². The van der Waals surface area contributed by atoms with Crippen LogP contribution in [0.4, 0.5) is 0 Å². The van der Waals surface area contributed by atoms with Gasteiger partial charge in [0.1, 0.15) is 0 Å². The van der Waals surface area contributed by atoms with Crippen molar-refractivity contribution in [2.75, 3.05) is 0 Å². The van der Waals surface area contributed by atoms with E-state index in [1.165, 1.54) is 5.69 Å². The second-order valence-corrected chi connectivity index (χ2v) is 4.24. The van der Waals surface area contributed by atoms with Gasteiger partial charge in [0, 0.05) is 17.7 Å². The third kappa shape index (κ3) is 1.63. The maximum absolute atomic E-state index is 5.90. The fourth-order valence-electron chi connectivity index (χ4n) is 1.25. The van der Waals surface area contributed by atoms with E-state index in [0.717, 1.165) is 6.54 Å². The van der Waals surface area contributed by atoms with Crippen LogP contribution < -0.4 is 0 Å². The van der Waals surface area contributed by atoms with Crippen molar-refractivity contribution < 1.29 is 0 Å². The molecule has 0 aliphatic heterocycles. The largest absolute Gasteiger partial charge is 0.319 e. The van der Waals surface area contributed by atoms with Gasteiger partial charge >= 0.3 is 0 Å². The molecular weight excluding hydrogens is 172 g/mol. The molecule has 1 rings (SSSR count). The molecule has 0 spiro atoms. The van der Waals surface area contributed by atoms with E-state index in [9.17, 15) is 0 Å². The van der Waals surface area contributed by atoms with Gasteiger partial charge in [-0.2, -0.15) is 0 Å². The SMILES string of the molecule is CCn1c(C(C)(C)C)cnc1Cl. The van der Waals surface area contributed by atoms with Crippen molar-refractivity contribution in [3.05, 3.63) is 17.2 Å². The van der Waals surface area contributed by atoms with E-state index in [2.05, 4.69) is 32.7 Å². The van der Waals surface area contributed by atoms with Gasteiger partial charge in [0.05, 0.1) is 6.20 Å². The second-order valence-electron chi connectivity index (χ2n) is 3.91. The third-order valence-electron chi connectivity index (χ3n) is 1.89. The standard InChI is InChI=1S/C9H15ClN2/c1-5-12-7(9(2,3)4)6-11-8(12)10/h6H,5H2,1-4H3. The zero-order valence-electron chi connectivity index (χ0n) is 8.06. The number of rotatable bonds is 1.